The lowest BCUT2D eigenvalue weighted by Crippen LogP contribution is -2.02. The van der Waals surface area contributed by atoms with E-state index >= 15 is 0 Å². The summed E-state index contributed by atoms with van der Waals surface area (Å²) in [4.78, 5) is 4.20. The van der Waals surface area contributed by atoms with Crippen LogP contribution in [-0.4, -0.2) is 10.1 Å². The molecule has 3 heteroatoms. The SMILES string of the molecule is N#Cc1cc(-c2ccc3c(c2)CCCC3)ncc1O. The molecular weight excluding hydrogens is 236 g/mol. The van der Waals surface area contributed by atoms with Gasteiger partial charge in [0.1, 0.15) is 6.07 Å². The van der Waals surface area contributed by atoms with Crippen molar-refractivity contribution < 1.29 is 5.11 Å². The highest BCUT2D eigenvalue weighted by atomic mass is 16.3. The Morgan fingerprint density at radius 3 is 2.68 bits per heavy atom. The van der Waals surface area contributed by atoms with E-state index in [1.54, 1.807) is 6.07 Å². The van der Waals surface area contributed by atoms with Crippen molar-refractivity contribution in [2.45, 2.75) is 25.7 Å². The highest BCUT2D eigenvalue weighted by Crippen LogP contribution is 2.28. The third kappa shape index (κ3) is 2.17. The maximum Gasteiger partial charge on any atom is 0.151 e. The van der Waals surface area contributed by atoms with E-state index in [0.29, 0.717) is 0 Å². The molecule has 1 aliphatic carbocycles. The largest absolute Gasteiger partial charge is 0.505 e. The molecule has 1 aliphatic rings. The van der Waals surface area contributed by atoms with Crippen molar-refractivity contribution in [1.82, 2.24) is 4.98 Å². The monoisotopic (exact) mass is 250 g/mol. The van der Waals surface area contributed by atoms with Crippen molar-refractivity contribution in [3.63, 3.8) is 0 Å². The molecule has 0 unspecified atom stereocenters. The number of benzene rings is 1. The van der Waals surface area contributed by atoms with Crippen LogP contribution in [0.1, 0.15) is 29.5 Å². The predicted molar refractivity (Wildman–Crippen MR) is 72.7 cm³/mol. The molecule has 19 heavy (non-hydrogen) atoms. The van der Waals surface area contributed by atoms with E-state index in [-0.39, 0.29) is 11.3 Å². The lowest BCUT2D eigenvalue weighted by Gasteiger charge is -2.16. The molecule has 1 heterocycles. The van der Waals surface area contributed by atoms with Crippen molar-refractivity contribution in [1.29, 1.82) is 5.26 Å². The fraction of sp³-hybridized carbons (Fsp3) is 0.250. The van der Waals surface area contributed by atoms with Crippen LogP contribution in [0.3, 0.4) is 0 Å². The minimum absolute atomic E-state index is 0.0655. The first kappa shape index (κ1) is 11.7. The van der Waals surface area contributed by atoms with Gasteiger partial charge in [-0.15, -0.1) is 0 Å². The molecule has 0 fully saturated rings. The average Bonchev–Trinajstić information content (AvgIpc) is 2.47. The smallest absolute Gasteiger partial charge is 0.151 e. The van der Waals surface area contributed by atoms with E-state index in [1.165, 1.54) is 30.2 Å². The fourth-order valence-electron chi connectivity index (χ4n) is 2.59. The Balaban J connectivity index is 2.05. The summed E-state index contributed by atoms with van der Waals surface area (Å²) in [5, 5.41) is 18.4. The Morgan fingerprint density at radius 1 is 1.11 bits per heavy atom. The van der Waals surface area contributed by atoms with Crippen molar-refractivity contribution in [2.24, 2.45) is 0 Å². The van der Waals surface area contributed by atoms with Crippen LogP contribution < -0.4 is 0 Å². The van der Waals surface area contributed by atoms with E-state index in [9.17, 15) is 5.11 Å². The van der Waals surface area contributed by atoms with Crippen molar-refractivity contribution >= 4 is 0 Å². The number of hydrogen-bond donors (Lipinski definition) is 1. The second-order valence-corrected chi connectivity index (χ2v) is 4.89. The van der Waals surface area contributed by atoms with Crippen LogP contribution in [0, 0.1) is 11.3 Å². The summed E-state index contributed by atoms with van der Waals surface area (Å²) >= 11 is 0. The van der Waals surface area contributed by atoms with Crippen LogP contribution in [0.2, 0.25) is 0 Å². The standard InChI is InChI=1S/C16H14N2O/c17-9-14-8-15(18-10-16(14)19)13-6-5-11-3-1-2-4-12(11)7-13/h5-8,10,19H,1-4H2. The molecule has 1 aromatic carbocycles. The Morgan fingerprint density at radius 2 is 1.89 bits per heavy atom. The summed E-state index contributed by atoms with van der Waals surface area (Å²) in [7, 11) is 0. The first-order chi connectivity index (χ1) is 9.28. The fourth-order valence-corrected chi connectivity index (χ4v) is 2.59. The van der Waals surface area contributed by atoms with Gasteiger partial charge in [-0.2, -0.15) is 5.26 Å². The molecule has 0 atom stereocenters. The molecule has 0 amide bonds. The number of nitrogens with zero attached hydrogens (tertiary/aromatic N) is 2. The van der Waals surface area contributed by atoms with Crippen molar-refractivity contribution in [3.05, 3.63) is 47.2 Å². The van der Waals surface area contributed by atoms with Gasteiger partial charge >= 0.3 is 0 Å². The lowest BCUT2D eigenvalue weighted by molar-refractivity contribution is 0.471. The second kappa shape index (κ2) is 4.74. The van der Waals surface area contributed by atoms with Gasteiger partial charge in [-0.25, -0.2) is 0 Å². The summed E-state index contributed by atoms with van der Waals surface area (Å²) < 4.78 is 0. The highest BCUT2D eigenvalue weighted by molar-refractivity contribution is 5.64. The first-order valence-corrected chi connectivity index (χ1v) is 6.49. The van der Waals surface area contributed by atoms with Crippen molar-refractivity contribution in [3.8, 4) is 23.1 Å². The number of fused-ring (bicyclic) bond motifs is 1. The molecule has 1 aromatic heterocycles. The lowest BCUT2D eigenvalue weighted by atomic mass is 9.90. The van der Waals surface area contributed by atoms with Crippen LogP contribution in [0.25, 0.3) is 11.3 Å². The van der Waals surface area contributed by atoms with Crippen LogP contribution in [0.15, 0.2) is 30.5 Å². The summed E-state index contributed by atoms with van der Waals surface area (Å²) in [6, 6.07) is 9.98. The third-order valence-electron chi connectivity index (χ3n) is 3.65. The molecule has 94 valence electrons. The van der Waals surface area contributed by atoms with Gasteiger partial charge in [-0.3, -0.25) is 4.98 Å². The van der Waals surface area contributed by atoms with Gasteiger partial charge in [0.15, 0.2) is 5.75 Å². The predicted octanol–water partition coefficient (Wildman–Crippen LogP) is 3.20. The second-order valence-electron chi connectivity index (χ2n) is 4.89. The molecule has 0 saturated carbocycles. The summed E-state index contributed by atoms with van der Waals surface area (Å²) in [6.45, 7) is 0. The Hall–Kier alpha value is -2.34. The van der Waals surface area contributed by atoms with Gasteiger partial charge in [-0.1, -0.05) is 12.1 Å². The van der Waals surface area contributed by atoms with E-state index in [1.807, 2.05) is 12.1 Å². The Kier molecular flexibility index (Phi) is 2.92. The van der Waals surface area contributed by atoms with Crippen LogP contribution in [0.5, 0.6) is 5.75 Å². The average molecular weight is 250 g/mol. The molecular formula is C16H14N2O. The maximum absolute atomic E-state index is 9.49. The zero-order valence-electron chi connectivity index (χ0n) is 10.6. The van der Waals surface area contributed by atoms with E-state index in [4.69, 9.17) is 5.26 Å². The number of pyridine rings is 1. The van der Waals surface area contributed by atoms with E-state index in [2.05, 4.69) is 17.1 Å². The maximum atomic E-state index is 9.49. The van der Waals surface area contributed by atoms with Gasteiger partial charge in [0.25, 0.3) is 0 Å². The van der Waals surface area contributed by atoms with Gasteiger partial charge in [0.2, 0.25) is 0 Å². The molecule has 3 nitrogen and oxygen atoms in total. The first-order valence-electron chi connectivity index (χ1n) is 6.49. The van der Waals surface area contributed by atoms with Gasteiger partial charge in [-0.05, 0) is 48.9 Å². The number of rotatable bonds is 1. The van der Waals surface area contributed by atoms with Gasteiger partial charge < -0.3 is 5.11 Å². The number of aromatic hydroxyl groups is 1. The molecule has 3 rings (SSSR count). The number of nitriles is 1. The van der Waals surface area contributed by atoms with E-state index in [0.717, 1.165) is 24.1 Å². The highest BCUT2D eigenvalue weighted by Gasteiger charge is 2.11. The van der Waals surface area contributed by atoms with Crippen LogP contribution in [0.4, 0.5) is 0 Å². The summed E-state index contributed by atoms with van der Waals surface area (Å²) in [6.07, 6.45) is 6.12. The summed E-state index contributed by atoms with van der Waals surface area (Å²) in [5.41, 5.74) is 4.83. The number of aromatic nitrogens is 1. The zero-order valence-corrected chi connectivity index (χ0v) is 10.6. The normalized spacial score (nSPS) is 13.6. The summed E-state index contributed by atoms with van der Waals surface area (Å²) in [5.74, 6) is -0.0655. The molecule has 0 aliphatic heterocycles. The number of hydrogen-bond acceptors (Lipinski definition) is 3. The van der Waals surface area contributed by atoms with Gasteiger partial charge in [0.05, 0.1) is 17.5 Å². The Bertz CT molecular complexity index is 671. The molecule has 0 saturated heterocycles. The topological polar surface area (TPSA) is 56.9 Å². The Labute approximate surface area is 112 Å². The minimum Gasteiger partial charge on any atom is -0.505 e. The third-order valence-corrected chi connectivity index (χ3v) is 3.65. The number of aryl methyl sites for hydroxylation is 2. The van der Waals surface area contributed by atoms with Crippen LogP contribution >= 0.6 is 0 Å². The zero-order chi connectivity index (χ0) is 13.2. The quantitative estimate of drug-likeness (QED) is 0.845. The molecule has 2 aromatic rings. The molecule has 0 bridgehead atoms. The minimum atomic E-state index is -0.0655. The van der Waals surface area contributed by atoms with Crippen molar-refractivity contribution in [2.75, 3.05) is 0 Å². The van der Waals surface area contributed by atoms with E-state index < -0.39 is 0 Å². The molecule has 1 N–H and O–H groups in total. The van der Waals surface area contributed by atoms with Gasteiger partial charge in [0, 0.05) is 5.56 Å². The molecule has 0 radical (unpaired) electrons. The van der Waals surface area contributed by atoms with Crippen LogP contribution in [-0.2, 0) is 12.8 Å². The molecule has 0 spiro atoms.